The van der Waals surface area contributed by atoms with Gasteiger partial charge in [-0.15, -0.1) is 0 Å². The molecule has 3 heterocycles. The van der Waals surface area contributed by atoms with Crippen molar-refractivity contribution < 1.29 is 9.59 Å². The molecule has 1 N–H and O–H groups in total. The maximum Gasteiger partial charge on any atom is 0.256 e. The number of likely N-dealkylation sites (tertiary alicyclic amines) is 1. The normalized spacial score (nSPS) is 14.4. The van der Waals surface area contributed by atoms with Gasteiger partial charge in [-0.25, -0.2) is 4.98 Å². The summed E-state index contributed by atoms with van der Waals surface area (Å²) >= 11 is 0. The number of Topliss-reactive ketones (excluding diaryl/α,β-unsaturated/α-hetero) is 1. The molecule has 0 radical (unpaired) electrons. The molecular weight excluding hydrogens is 376 g/mol. The Labute approximate surface area is 174 Å². The molecule has 0 spiro atoms. The number of nitrogens with one attached hydrogen (secondary N) is 1. The lowest BCUT2D eigenvalue weighted by atomic mass is 9.97. The van der Waals surface area contributed by atoms with E-state index in [-0.39, 0.29) is 11.7 Å². The maximum absolute atomic E-state index is 13.4. The fourth-order valence-corrected chi connectivity index (χ4v) is 4.14. The Kier molecular flexibility index (Phi) is 4.67. The van der Waals surface area contributed by atoms with Gasteiger partial charge in [0, 0.05) is 50.1 Å². The minimum atomic E-state index is -0.0196. The zero-order valence-corrected chi connectivity index (χ0v) is 16.5. The van der Waals surface area contributed by atoms with Crippen LogP contribution in [-0.4, -0.2) is 44.2 Å². The van der Waals surface area contributed by atoms with Crippen LogP contribution in [0, 0.1) is 0 Å². The highest BCUT2D eigenvalue weighted by Crippen LogP contribution is 2.33. The Morgan fingerprint density at radius 1 is 1.00 bits per heavy atom. The fraction of sp³-hybridized carbons (Fsp3) is 0.208. The molecule has 5 rings (SSSR count). The first-order valence-corrected chi connectivity index (χ1v) is 10.2. The van der Waals surface area contributed by atoms with Crippen LogP contribution >= 0.6 is 0 Å². The van der Waals surface area contributed by atoms with E-state index in [0.717, 1.165) is 27.6 Å². The van der Waals surface area contributed by atoms with E-state index < -0.39 is 0 Å². The number of hydrogen-bond donors (Lipinski definition) is 1. The van der Waals surface area contributed by atoms with E-state index >= 15 is 0 Å². The summed E-state index contributed by atoms with van der Waals surface area (Å²) < 4.78 is 2.02. The summed E-state index contributed by atoms with van der Waals surface area (Å²) in [7, 11) is 0. The zero-order chi connectivity index (χ0) is 20.5. The molecule has 2 aromatic carbocycles. The molecule has 1 amide bonds. The molecule has 6 nitrogen and oxygen atoms in total. The van der Waals surface area contributed by atoms with Crippen molar-refractivity contribution in [2.75, 3.05) is 13.1 Å². The second-order valence-electron chi connectivity index (χ2n) is 7.69. The number of nitrogens with zero attached hydrogens (tertiary/aromatic N) is 3. The number of rotatable bonds is 4. The summed E-state index contributed by atoms with van der Waals surface area (Å²) in [4.78, 5) is 34.1. The number of aromatic nitrogens is 3. The number of imidazole rings is 1. The average Bonchev–Trinajstić information content (AvgIpc) is 3.44. The van der Waals surface area contributed by atoms with Crippen LogP contribution in [0.15, 0.2) is 67.4 Å². The molecule has 4 aromatic rings. The van der Waals surface area contributed by atoms with Gasteiger partial charge in [0.1, 0.15) is 5.78 Å². The van der Waals surface area contributed by atoms with Crippen LogP contribution in [0.5, 0.6) is 0 Å². The van der Waals surface area contributed by atoms with Crippen molar-refractivity contribution in [1.29, 1.82) is 0 Å². The number of hydrogen-bond acceptors (Lipinski definition) is 3. The monoisotopic (exact) mass is 398 g/mol. The lowest BCUT2D eigenvalue weighted by molar-refractivity contribution is -0.120. The minimum absolute atomic E-state index is 0.0196. The number of H-pyrrole nitrogens is 1. The fourth-order valence-electron chi connectivity index (χ4n) is 4.14. The van der Waals surface area contributed by atoms with Crippen LogP contribution < -0.4 is 0 Å². The second-order valence-corrected chi connectivity index (χ2v) is 7.69. The third kappa shape index (κ3) is 3.41. The first-order valence-electron chi connectivity index (χ1n) is 10.2. The van der Waals surface area contributed by atoms with Crippen molar-refractivity contribution in [1.82, 2.24) is 19.4 Å². The number of amides is 1. The molecule has 150 valence electrons. The highest BCUT2D eigenvalue weighted by atomic mass is 16.2. The van der Waals surface area contributed by atoms with E-state index in [2.05, 4.69) is 34.2 Å². The Morgan fingerprint density at radius 2 is 1.80 bits per heavy atom. The SMILES string of the molecule is O=C1CCN(C(=O)c2cn(Cc3cnc[nH]3)cc2-c2cccc3ccccc23)CC1. The Bertz CT molecular complexity index is 1210. The van der Waals surface area contributed by atoms with Gasteiger partial charge in [-0.1, -0.05) is 42.5 Å². The number of fused-ring (bicyclic) bond motifs is 1. The van der Waals surface area contributed by atoms with Gasteiger partial charge < -0.3 is 14.5 Å². The van der Waals surface area contributed by atoms with Crippen molar-refractivity contribution in [2.45, 2.75) is 19.4 Å². The van der Waals surface area contributed by atoms with E-state index in [1.165, 1.54) is 0 Å². The molecule has 1 aliphatic heterocycles. The number of carbonyl (C=O) groups excluding carboxylic acids is 2. The number of benzene rings is 2. The number of piperidine rings is 1. The van der Waals surface area contributed by atoms with Gasteiger partial charge in [0.2, 0.25) is 0 Å². The smallest absolute Gasteiger partial charge is 0.256 e. The third-order valence-corrected chi connectivity index (χ3v) is 5.71. The Balaban J connectivity index is 1.60. The Morgan fingerprint density at radius 3 is 2.60 bits per heavy atom. The molecule has 0 saturated carbocycles. The molecule has 1 saturated heterocycles. The summed E-state index contributed by atoms with van der Waals surface area (Å²) in [5.41, 5.74) is 3.58. The van der Waals surface area contributed by atoms with Crippen molar-refractivity contribution in [3.05, 3.63) is 78.6 Å². The zero-order valence-electron chi connectivity index (χ0n) is 16.5. The average molecular weight is 398 g/mol. The lowest BCUT2D eigenvalue weighted by Crippen LogP contribution is -2.38. The van der Waals surface area contributed by atoms with E-state index in [0.29, 0.717) is 38.0 Å². The topological polar surface area (TPSA) is 71.0 Å². The molecular formula is C24H22N4O2. The van der Waals surface area contributed by atoms with Gasteiger partial charge in [0.25, 0.3) is 5.91 Å². The van der Waals surface area contributed by atoms with Gasteiger partial charge >= 0.3 is 0 Å². The quantitative estimate of drug-likeness (QED) is 0.567. The van der Waals surface area contributed by atoms with Crippen LogP contribution in [0.25, 0.3) is 21.9 Å². The second kappa shape index (κ2) is 7.63. The van der Waals surface area contributed by atoms with Crippen LogP contribution in [0.2, 0.25) is 0 Å². The van der Waals surface area contributed by atoms with Crippen LogP contribution in [0.1, 0.15) is 28.9 Å². The molecule has 0 aliphatic carbocycles. The molecule has 0 bridgehead atoms. The van der Waals surface area contributed by atoms with Gasteiger partial charge in [-0.05, 0) is 16.3 Å². The summed E-state index contributed by atoms with van der Waals surface area (Å²) in [5.74, 6) is 0.207. The highest BCUT2D eigenvalue weighted by Gasteiger charge is 2.26. The van der Waals surface area contributed by atoms with Crippen LogP contribution in [0.4, 0.5) is 0 Å². The van der Waals surface area contributed by atoms with E-state index in [1.54, 1.807) is 17.4 Å². The molecule has 1 fully saturated rings. The predicted octanol–water partition coefficient (Wildman–Crippen LogP) is 3.88. The minimum Gasteiger partial charge on any atom is -0.347 e. The van der Waals surface area contributed by atoms with Gasteiger partial charge in [-0.2, -0.15) is 0 Å². The van der Waals surface area contributed by atoms with Crippen LogP contribution in [-0.2, 0) is 11.3 Å². The number of aromatic amines is 1. The molecule has 1 aliphatic rings. The summed E-state index contributed by atoms with van der Waals surface area (Å²) in [6, 6.07) is 14.4. The molecule has 30 heavy (non-hydrogen) atoms. The summed E-state index contributed by atoms with van der Waals surface area (Å²) in [6.07, 6.45) is 8.26. The lowest BCUT2D eigenvalue weighted by Gasteiger charge is -2.26. The van der Waals surface area contributed by atoms with Crippen molar-refractivity contribution in [3.8, 4) is 11.1 Å². The molecule has 2 aromatic heterocycles. The summed E-state index contributed by atoms with van der Waals surface area (Å²) in [5, 5.41) is 2.25. The largest absolute Gasteiger partial charge is 0.347 e. The van der Waals surface area contributed by atoms with Gasteiger partial charge in [0.05, 0.1) is 24.1 Å². The first kappa shape index (κ1) is 18.4. The van der Waals surface area contributed by atoms with E-state index in [4.69, 9.17) is 0 Å². The van der Waals surface area contributed by atoms with Crippen molar-refractivity contribution in [3.63, 3.8) is 0 Å². The maximum atomic E-state index is 13.4. The van der Waals surface area contributed by atoms with Crippen LogP contribution in [0.3, 0.4) is 0 Å². The van der Waals surface area contributed by atoms with E-state index in [9.17, 15) is 9.59 Å². The van der Waals surface area contributed by atoms with Gasteiger partial charge in [0.15, 0.2) is 0 Å². The first-order chi connectivity index (χ1) is 14.7. The van der Waals surface area contributed by atoms with Crippen molar-refractivity contribution >= 4 is 22.5 Å². The Hall–Kier alpha value is -3.67. The molecule has 0 unspecified atom stereocenters. The molecule has 6 heteroatoms. The standard InChI is InChI=1S/C24H22N4O2/c29-19-8-10-28(11-9-19)24(30)23-15-27(13-18-12-25-16-26-18)14-22(23)21-7-3-5-17-4-1-2-6-20(17)21/h1-7,12,14-16H,8-11,13H2,(H,25,26). The molecule has 0 atom stereocenters. The number of ketones is 1. The number of carbonyl (C=O) groups is 2. The predicted molar refractivity (Wildman–Crippen MR) is 115 cm³/mol. The van der Waals surface area contributed by atoms with Gasteiger partial charge in [-0.3, -0.25) is 9.59 Å². The van der Waals surface area contributed by atoms with Crippen molar-refractivity contribution in [2.24, 2.45) is 0 Å². The highest BCUT2D eigenvalue weighted by molar-refractivity contribution is 6.06. The summed E-state index contributed by atoms with van der Waals surface area (Å²) in [6.45, 7) is 1.57. The van der Waals surface area contributed by atoms with E-state index in [1.807, 2.05) is 35.2 Å². The third-order valence-electron chi connectivity index (χ3n) is 5.71.